The highest BCUT2D eigenvalue weighted by atomic mass is 16.5. The average molecular weight is 576 g/mol. The highest BCUT2D eigenvalue weighted by molar-refractivity contribution is 5.92. The molecule has 0 radical (unpaired) electrons. The molecular formula is C31H41N7O4. The Morgan fingerprint density at radius 3 is 2.52 bits per heavy atom. The van der Waals surface area contributed by atoms with E-state index >= 15 is 0 Å². The number of aliphatic hydroxyl groups excluding tert-OH is 1. The topological polar surface area (TPSA) is 114 Å². The van der Waals surface area contributed by atoms with Crippen LogP contribution in [0.15, 0.2) is 88.7 Å². The van der Waals surface area contributed by atoms with Crippen LogP contribution in [-0.4, -0.2) is 93.0 Å². The van der Waals surface area contributed by atoms with Crippen LogP contribution in [0.1, 0.15) is 13.3 Å². The summed E-state index contributed by atoms with van der Waals surface area (Å²) in [6.07, 6.45) is 10.2. The van der Waals surface area contributed by atoms with E-state index in [4.69, 9.17) is 14.5 Å². The molecule has 3 aliphatic rings. The first-order chi connectivity index (χ1) is 20.3. The number of nitrogens with one attached hydrogen (secondary N) is 2. The molecule has 1 fully saturated rings. The number of aliphatic hydroxyl groups is 1. The maximum Gasteiger partial charge on any atom is 0.247 e. The lowest BCUT2D eigenvalue weighted by atomic mass is 9.98. The largest absolute Gasteiger partial charge is 0.497 e. The van der Waals surface area contributed by atoms with Crippen molar-refractivity contribution in [2.45, 2.75) is 25.9 Å². The highest BCUT2D eigenvalue weighted by Gasteiger charge is 2.40. The van der Waals surface area contributed by atoms with Crippen LogP contribution in [0, 0.1) is 5.92 Å². The van der Waals surface area contributed by atoms with Gasteiger partial charge in [0.25, 0.3) is 0 Å². The van der Waals surface area contributed by atoms with Gasteiger partial charge < -0.3 is 30.1 Å². The highest BCUT2D eigenvalue weighted by Crippen LogP contribution is 2.34. The van der Waals surface area contributed by atoms with Crippen molar-refractivity contribution < 1.29 is 19.4 Å². The van der Waals surface area contributed by atoms with Gasteiger partial charge in [-0.15, -0.1) is 0 Å². The normalized spacial score (nSPS) is 23.4. The molecule has 1 saturated heterocycles. The minimum Gasteiger partial charge on any atom is -0.497 e. The van der Waals surface area contributed by atoms with Crippen molar-refractivity contribution in [3.63, 3.8) is 0 Å². The Labute approximate surface area is 247 Å². The van der Waals surface area contributed by atoms with Crippen LogP contribution in [0.2, 0.25) is 0 Å². The van der Waals surface area contributed by atoms with Gasteiger partial charge in [-0.3, -0.25) is 9.69 Å². The van der Waals surface area contributed by atoms with Crippen molar-refractivity contribution >= 4 is 23.8 Å². The maximum atomic E-state index is 12.2. The lowest BCUT2D eigenvalue weighted by Crippen LogP contribution is -2.61. The van der Waals surface area contributed by atoms with Crippen molar-refractivity contribution in [2.24, 2.45) is 15.9 Å². The molecule has 0 saturated carbocycles. The van der Waals surface area contributed by atoms with Crippen LogP contribution in [0.5, 0.6) is 11.5 Å². The first-order valence-electron chi connectivity index (χ1n) is 14.0. The molecule has 224 valence electrons. The molecule has 0 spiro atoms. The zero-order valence-electron chi connectivity index (χ0n) is 24.8. The van der Waals surface area contributed by atoms with Crippen LogP contribution >= 0.6 is 0 Å². The number of allylic oxidation sites excluding steroid dienone is 3. The number of hydrogen-bond acceptors (Lipinski definition) is 10. The molecule has 3 aliphatic heterocycles. The van der Waals surface area contributed by atoms with Gasteiger partial charge in [0, 0.05) is 61.9 Å². The van der Waals surface area contributed by atoms with Crippen LogP contribution in [0.3, 0.4) is 0 Å². The number of ether oxygens (including phenoxy) is 2. The third-order valence-electron chi connectivity index (χ3n) is 7.61. The van der Waals surface area contributed by atoms with Crippen molar-refractivity contribution in [2.75, 3.05) is 52.3 Å². The number of nitrogens with zero attached hydrogens (tertiary/aromatic N) is 5. The Hall–Kier alpha value is -4.19. The van der Waals surface area contributed by atoms with Gasteiger partial charge in [0.05, 0.1) is 19.9 Å². The number of carbonyl (C=O) groups excluding carboxylic acids is 1. The van der Waals surface area contributed by atoms with E-state index in [1.807, 2.05) is 36.4 Å². The molecule has 1 aromatic rings. The number of likely N-dealkylation sites (N-methyl/N-ethyl adjacent to an activating group) is 1. The molecule has 3 atom stereocenters. The third kappa shape index (κ3) is 7.17. The second kappa shape index (κ2) is 14.1. The van der Waals surface area contributed by atoms with Crippen LogP contribution in [-0.2, 0) is 4.79 Å². The number of anilines is 1. The Kier molecular flexibility index (Phi) is 10.3. The molecule has 1 amide bonds. The molecule has 11 nitrogen and oxygen atoms in total. The Morgan fingerprint density at radius 2 is 1.93 bits per heavy atom. The van der Waals surface area contributed by atoms with Gasteiger partial charge in [0.2, 0.25) is 11.9 Å². The second-order valence-corrected chi connectivity index (χ2v) is 10.2. The minimum atomic E-state index is -0.942. The number of amides is 1. The number of guanidine groups is 1. The van der Waals surface area contributed by atoms with Gasteiger partial charge >= 0.3 is 0 Å². The smallest absolute Gasteiger partial charge is 0.247 e. The molecule has 42 heavy (non-hydrogen) atoms. The molecule has 0 aliphatic carbocycles. The van der Waals surface area contributed by atoms with Crippen molar-refractivity contribution in [3.05, 3.63) is 78.7 Å². The third-order valence-corrected chi connectivity index (χ3v) is 7.61. The molecule has 1 aromatic carbocycles. The maximum absolute atomic E-state index is 12.2. The van der Waals surface area contributed by atoms with E-state index in [2.05, 4.69) is 46.7 Å². The van der Waals surface area contributed by atoms with Crippen LogP contribution in [0.4, 0.5) is 5.69 Å². The van der Waals surface area contributed by atoms with Crippen LogP contribution in [0.25, 0.3) is 0 Å². The fourth-order valence-electron chi connectivity index (χ4n) is 5.14. The summed E-state index contributed by atoms with van der Waals surface area (Å²) in [5.74, 6) is 1.20. The summed E-state index contributed by atoms with van der Waals surface area (Å²) in [6, 6.07) is 5.50. The predicted octanol–water partition coefficient (Wildman–Crippen LogP) is 2.61. The summed E-state index contributed by atoms with van der Waals surface area (Å²) in [5, 5.41) is 17.2. The van der Waals surface area contributed by atoms with Gasteiger partial charge in [0.1, 0.15) is 17.7 Å². The van der Waals surface area contributed by atoms with Crippen molar-refractivity contribution in [1.82, 2.24) is 20.4 Å². The number of aliphatic imine (C=N–C) groups is 2. The SMILES string of the molecule is C=CC(=O)NC(=C\NC1=NC2C(C=N1)CN(c1cc(OC)cc(OC)c1)C(O)N2C)/C=C(\C=C)C1=CCN(CC)CC1. The molecule has 4 rings (SSSR count). The van der Waals surface area contributed by atoms with E-state index in [0.29, 0.717) is 29.7 Å². The zero-order valence-corrected chi connectivity index (χ0v) is 24.8. The fraction of sp³-hybridized carbons (Fsp3) is 0.387. The molecule has 3 heterocycles. The van der Waals surface area contributed by atoms with E-state index < -0.39 is 6.35 Å². The van der Waals surface area contributed by atoms with Crippen molar-refractivity contribution in [1.29, 1.82) is 0 Å². The molecular weight excluding hydrogens is 534 g/mol. The first kappa shape index (κ1) is 30.8. The lowest BCUT2D eigenvalue weighted by Gasteiger charge is -2.47. The van der Waals surface area contributed by atoms with E-state index in [1.54, 1.807) is 37.5 Å². The number of methoxy groups -OCH3 is 2. The quantitative estimate of drug-likeness (QED) is 0.288. The lowest BCUT2D eigenvalue weighted by molar-refractivity contribution is -0.115. The summed E-state index contributed by atoms with van der Waals surface area (Å²) in [4.78, 5) is 27.5. The fourth-order valence-corrected chi connectivity index (χ4v) is 5.14. The van der Waals surface area contributed by atoms with Crippen LogP contribution < -0.4 is 25.0 Å². The molecule has 11 heteroatoms. The van der Waals surface area contributed by atoms with Gasteiger partial charge in [-0.05, 0) is 43.3 Å². The molecule has 0 bridgehead atoms. The number of rotatable bonds is 10. The van der Waals surface area contributed by atoms with E-state index in [0.717, 1.165) is 37.3 Å². The summed E-state index contributed by atoms with van der Waals surface area (Å²) in [7, 11) is 5.00. The Bertz CT molecular complexity index is 1310. The minimum absolute atomic E-state index is 0.0850. The second-order valence-electron chi connectivity index (χ2n) is 10.2. The summed E-state index contributed by atoms with van der Waals surface area (Å²) >= 11 is 0. The molecule has 0 aromatic heterocycles. The Morgan fingerprint density at radius 1 is 1.19 bits per heavy atom. The van der Waals surface area contributed by atoms with Gasteiger partial charge in [-0.2, -0.15) is 0 Å². The first-order valence-corrected chi connectivity index (χ1v) is 14.0. The zero-order chi connectivity index (χ0) is 30.2. The number of carbonyl (C=O) groups is 1. The van der Waals surface area contributed by atoms with E-state index in [1.165, 1.54) is 11.6 Å². The monoisotopic (exact) mass is 575 g/mol. The summed E-state index contributed by atoms with van der Waals surface area (Å²) < 4.78 is 10.8. The summed E-state index contributed by atoms with van der Waals surface area (Å²) in [5.41, 5.74) is 3.39. The van der Waals surface area contributed by atoms with Gasteiger partial charge in [0.15, 0.2) is 6.35 Å². The van der Waals surface area contributed by atoms with Gasteiger partial charge in [-0.1, -0.05) is 32.2 Å². The Balaban J connectivity index is 1.53. The number of benzene rings is 1. The standard InChI is InChI=1S/C31H41N7O4/c1-7-21(22-10-12-37(9-3)13-11-22)14-24(34-28(39)8-2)19-33-30-32-18-23-20-38(31(40)36(4)29(23)35-30)25-15-26(41-5)17-27(16-25)42-6/h7-8,10,14-19,23,29,31,40H,1-2,9,11-13,20H2,3-6H3,(H,33,35)(H,34,39)/b21-14+,24-19-. The average Bonchev–Trinajstić information content (AvgIpc) is 3.03. The number of fused-ring (bicyclic) bond motifs is 1. The molecule has 3 N–H and O–H groups in total. The predicted molar refractivity (Wildman–Crippen MR) is 167 cm³/mol. The van der Waals surface area contributed by atoms with Crippen molar-refractivity contribution in [3.8, 4) is 11.5 Å². The number of hydrogen-bond donors (Lipinski definition) is 3. The molecule has 3 unspecified atom stereocenters. The van der Waals surface area contributed by atoms with E-state index in [-0.39, 0.29) is 18.0 Å². The van der Waals surface area contributed by atoms with Gasteiger partial charge in [-0.25, -0.2) is 14.9 Å². The van der Waals surface area contributed by atoms with E-state index in [9.17, 15) is 9.90 Å². The summed E-state index contributed by atoms with van der Waals surface area (Å²) in [6.45, 7) is 13.0.